The second-order valence-electron chi connectivity index (χ2n) is 8.06. The zero-order valence-corrected chi connectivity index (χ0v) is 17.8. The molecule has 9 nitrogen and oxygen atoms in total. The molecule has 2 saturated heterocycles. The van der Waals surface area contributed by atoms with Gasteiger partial charge in [0.15, 0.2) is 21.2 Å². The molecule has 10 heteroatoms. The molecule has 30 heavy (non-hydrogen) atoms. The fourth-order valence-electron chi connectivity index (χ4n) is 4.40. The number of rotatable bonds is 5. The summed E-state index contributed by atoms with van der Waals surface area (Å²) in [4.78, 5) is 39.2. The van der Waals surface area contributed by atoms with Gasteiger partial charge in [0, 0.05) is 23.0 Å². The minimum absolute atomic E-state index is 0.0471. The van der Waals surface area contributed by atoms with Crippen molar-refractivity contribution >= 4 is 27.6 Å². The van der Waals surface area contributed by atoms with E-state index in [1.807, 2.05) is 11.5 Å². The highest BCUT2D eigenvalue weighted by molar-refractivity contribution is 7.91. The summed E-state index contributed by atoms with van der Waals surface area (Å²) in [6.45, 7) is 4.69. The predicted molar refractivity (Wildman–Crippen MR) is 107 cm³/mol. The van der Waals surface area contributed by atoms with Crippen LogP contribution in [0.2, 0.25) is 0 Å². The van der Waals surface area contributed by atoms with Crippen LogP contribution in [0.4, 0.5) is 4.79 Å². The molecule has 2 aliphatic heterocycles. The summed E-state index contributed by atoms with van der Waals surface area (Å²) in [7, 11) is -3.08. The number of ketones is 1. The highest BCUT2D eigenvalue weighted by atomic mass is 32.2. The van der Waals surface area contributed by atoms with Crippen LogP contribution in [0.15, 0.2) is 28.9 Å². The van der Waals surface area contributed by atoms with Gasteiger partial charge >= 0.3 is 6.03 Å². The first kappa shape index (κ1) is 20.4. The van der Waals surface area contributed by atoms with Gasteiger partial charge in [-0.2, -0.15) is 0 Å². The Hall–Kier alpha value is -2.88. The first-order valence-corrected chi connectivity index (χ1v) is 11.5. The number of nitrogens with zero attached hydrogens (tertiary/aromatic N) is 2. The Kier molecular flexibility index (Phi) is 4.64. The fourth-order valence-corrected chi connectivity index (χ4v) is 6.10. The van der Waals surface area contributed by atoms with E-state index >= 15 is 0 Å². The lowest BCUT2D eigenvalue weighted by molar-refractivity contribution is -0.131. The number of sulfone groups is 1. The molecule has 4 rings (SSSR count). The van der Waals surface area contributed by atoms with Crippen LogP contribution < -0.4 is 5.32 Å². The normalized spacial score (nSPS) is 25.7. The third kappa shape index (κ3) is 3.15. The molecule has 2 aliphatic rings. The predicted octanol–water partition coefficient (Wildman–Crippen LogP) is 1.71. The largest absolute Gasteiger partial charge is 0.466 e. The maximum Gasteiger partial charge on any atom is 0.325 e. The molecule has 0 saturated carbocycles. The van der Waals surface area contributed by atoms with Crippen LogP contribution in [0, 0.1) is 13.8 Å². The van der Waals surface area contributed by atoms with Gasteiger partial charge in [-0.3, -0.25) is 14.5 Å². The van der Waals surface area contributed by atoms with Crippen molar-refractivity contribution < 1.29 is 27.2 Å². The molecule has 0 bridgehead atoms. The lowest BCUT2D eigenvalue weighted by Crippen LogP contribution is -2.41. The van der Waals surface area contributed by atoms with Gasteiger partial charge in [0.25, 0.3) is 5.91 Å². The van der Waals surface area contributed by atoms with Crippen molar-refractivity contribution in [1.29, 1.82) is 0 Å². The zero-order chi connectivity index (χ0) is 21.8. The molecular formula is C20H23N3O6S. The molecule has 2 aromatic rings. The lowest BCUT2D eigenvalue weighted by atomic mass is 9.99. The second-order valence-corrected chi connectivity index (χ2v) is 10.3. The molecule has 0 unspecified atom stereocenters. The summed E-state index contributed by atoms with van der Waals surface area (Å²) in [6.07, 6.45) is 1.91. The molecule has 0 spiro atoms. The first-order chi connectivity index (χ1) is 14.0. The van der Waals surface area contributed by atoms with E-state index in [1.165, 1.54) is 13.2 Å². The average Bonchev–Trinajstić information content (AvgIpc) is 3.41. The Bertz CT molecular complexity index is 1150. The van der Waals surface area contributed by atoms with E-state index in [-0.39, 0.29) is 29.1 Å². The highest BCUT2D eigenvalue weighted by Crippen LogP contribution is 2.31. The van der Waals surface area contributed by atoms with E-state index in [4.69, 9.17) is 4.42 Å². The van der Waals surface area contributed by atoms with Crippen LogP contribution >= 0.6 is 0 Å². The molecule has 2 atom stereocenters. The Morgan fingerprint density at radius 2 is 2.07 bits per heavy atom. The van der Waals surface area contributed by atoms with Crippen molar-refractivity contribution in [3.8, 4) is 0 Å². The van der Waals surface area contributed by atoms with Gasteiger partial charge in [-0.25, -0.2) is 13.2 Å². The van der Waals surface area contributed by atoms with Gasteiger partial charge in [0.05, 0.1) is 24.3 Å². The smallest absolute Gasteiger partial charge is 0.325 e. The second kappa shape index (κ2) is 6.83. The van der Waals surface area contributed by atoms with Gasteiger partial charge in [-0.15, -0.1) is 0 Å². The number of aromatic nitrogens is 1. The number of nitrogens with one attached hydrogen (secondary N) is 1. The van der Waals surface area contributed by atoms with Gasteiger partial charge in [0.1, 0.15) is 5.76 Å². The van der Waals surface area contributed by atoms with Gasteiger partial charge < -0.3 is 14.3 Å². The molecule has 2 aromatic heterocycles. The summed E-state index contributed by atoms with van der Waals surface area (Å²) in [6, 6.07) is 4.02. The molecule has 0 radical (unpaired) electrons. The molecule has 160 valence electrons. The number of carbonyl (C=O) groups excluding carboxylic acids is 3. The summed E-state index contributed by atoms with van der Waals surface area (Å²) in [5.74, 6) is -0.484. The van der Waals surface area contributed by atoms with Crippen LogP contribution in [0.1, 0.15) is 46.9 Å². The Balaban J connectivity index is 1.57. The minimum Gasteiger partial charge on any atom is -0.466 e. The molecule has 1 N–H and O–H groups in total. The minimum atomic E-state index is -3.08. The number of carbonyl (C=O) groups is 3. The quantitative estimate of drug-likeness (QED) is 0.566. The maximum atomic E-state index is 13.0. The number of hydrogen-bond acceptors (Lipinski definition) is 6. The third-order valence-corrected chi connectivity index (χ3v) is 7.70. The number of furan rings is 1. The summed E-state index contributed by atoms with van der Waals surface area (Å²) in [5.41, 5.74) is 0.427. The van der Waals surface area contributed by atoms with Gasteiger partial charge in [-0.05, 0) is 45.4 Å². The molecule has 0 aromatic carbocycles. The highest BCUT2D eigenvalue weighted by Gasteiger charge is 2.51. The molecule has 3 amide bonds. The van der Waals surface area contributed by atoms with E-state index in [1.54, 1.807) is 25.1 Å². The van der Waals surface area contributed by atoms with Crippen molar-refractivity contribution in [1.82, 2.24) is 14.8 Å². The topological polar surface area (TPSA) is 119 Å². The monoisotopic (exact) mass is 433 g/mol. The van der Waals surface area contributed by atoms with E-state index in [9.17, 15) is 22.8 Å². The number of aryl methyl sites for hydroxylation is 1. The van der Waals surface area contributed by atoms with Gasteiger partial charge in [0.2, 0.25) is 0 Å². The molecule has 0 aliphatic carbocycles. The molecular weight excluding hydrogens is 410 g/mol. The number of imide groups is 1. The van der Waals surface area contributed by atoms with Crippen molar-refractivity contribution in [2.24, 2.45) is 0 Å². The zero-order valence-electron chi connectivity index (χ0n) is 17.0. The van der Waals surface area contributed by atoms with Crippen molar-refractivity contribution in [2.45, 2.75) is 38.8 Å². The van der Waals surface area contributed by atoms with Gasteiger partial charge in [-0.1, -0.05) is 0 Å². The number of urea groups is 1. The Morgan fingerprint density at radius 3 is 2.67 bits per heavy atom. The summed E-state index contributed by atoms with van der Waals surface area (Å²) < 4.78 is 30.9. The van der Waals surface area contributed by atoms with E-state index in [2.05, 4.69) is 5.32 Å². The Labute approximate surface area is 173 Å². The molecule has 2 fully saturated rings. The lowest BCUT2D eigenvalue weighted by Gasteiger charge is -2.19. The number of Topliss-reactive ketones (excluding diaryl/α,β-unsaturated/α-hetero) is 1. The summed E-state index contributed by atoms with van der Waals surface area (Å²) >= 11 is 0. The van der Waals surface area contributed by atoms with Crippen LogP contribution in [-0.2, 0) is 20.2 Å². The standard InChI is InChI=1S/C20H23N3O6S/c1-12-9-15(13(2)23(12)14-6-8-30(27,28)11-14)16(24)10-22-18(25)20(3,21-19(22)26)17-5-4-7-29-17/h4-5,7,9,14H,6,8,10-11H2,1-3H3,(H,21,26)/t14-,20-/m1/s1. The van der Waals surface area contributed by atoms with Crippen molar-refractivity contribution in [2.75, 3.05) is 18.1 Å². The van der Waals surface area contributed by atoms with E-state index in [0.29, 0.717) is 17.7 Å². The van der Waals surface area contributed by atoms with Crippen LogP contribution in [0.3, 0.4) is 0 Å². The van der Waals surface area contributed by atoms with Crippen molar-refractivity contribution in [3.05, 3.63) is 47.2 Å². The maximum absolute atomic E-state index is 13.0. The van der Waals surface area contributed by atoms with E-state index < -0.39 is 33.9 Å². The SMILES string of the molecule is Cc1cc(C(=O)CN2C(=O)N[C@](C)(c3ccco3)C2=O)c(C)n1[C@@H]1CCS(=O)(=O)C1. The first-order valence-electron chi connectivity index (χ1n) is 9.63. The van der Waals surface area contributed by atoms with Crippen molar-refractivity contribution in [3.63, 3.8) is 0 Å². The average molecular weight is 433 g/mol. The number of amides is 3. The Morgan fingerprint density at radius 1 is 1.33 bits per heavy atom. The van der Waals surface area contributed by atoms with E-state index in [0.717, 1.165) is 10.6 Å². The van der Waals surface area contributed by atoms with Crippen LogP contribution in [0.5, 0.6) is 0 Å². The van der Waals surface area contributed by atoms with Crippen LogP contribution in [0.25, 0.3) is 0 Å². The fraction of sp³-hybridized carbons (Fsp3) is 0.450. The summed E-state index contributed by atoms with van der Waals surface area (Å²) in [5, 5.41) is 2.59. The third-order valence-electron chi connectivity index (χ3n) is 5.95. The number of hydrogen-bond donors (Lipinski definition) is 1. The van der Waals surface area contributed by atoms with Crippen LogP contribution in [-0.4, -0.2) is 53.7 Å². The molecule has 4 heterocycles.